The van der Waals surface area contributed by atoms with Gasteiger partial charge in [0, 0.05) is 35.2 Å². The largest absolute Gasteiger partial charge is 0.492 e. The first-order valence-electron chi connectivity index (χ1n) is 12.6. The summed E-state index contributed by atoms with van der Waals surface area (Å²) in [6, 6.07) is 15.3. The number of aromatic nitrogens is 2. The fourth-order valence-electron chi connectivity index (χ4n) is 3.76. The Morgan fingerprint density at radius 3 is 2.54 bits per heavy atom. The molecule has 1 saturated heterocycles. The van der Waals surface area contributed by atoms with Gasteiger partial charge < -0.3 is 15.4 Å². The van der Waals surface area contributed by atoms with Gasteiger partial charge in [-0.15, -0.1) is 0 Å². The smallest absolute Gasteiger partial charge is 0.229 e. The third-order valence-electron chi connectivity index (χ3n) is 5.73. The van der Waals surface area contributed by atoms with Crippen molar-refractivity contribution in [3.63, 3.8) is 0 Å². The molecular formula is C27H37N7O2S. The van der Waals surface area contributed by atoms with Crippen LogP contribution in [0.15, 0.2) is 54.7 Å². The number of rotatable bonds is 11. The van der Waals surface area contributed by atoms with E-state index in [4.69, 9.17) is 4.74 Å². The predicted molar refractivity (Wildman–Crippen MR) is 152 cm³/mol. The lowest BCUT2D eigenvalue weighted by molar-refractivity contribution is 0.238. The molecule has 37 heavy (non-hydrogen) atoms. The number of hydrogen-bond donors (Lipinski definition) is 4. The molecule has 0 bridgehead atoms. The van der Waals surface area contributed by atoms with Crippen LogP contribution in [0.4, 0.5) is 28.8 Å². The number of ether oxygens (including phenoxy) is 1. The van der Waals surface area contributed by atoms with Crippen molar-refractivity contribution in [2.45, 2.75) is 46.1 Å². The molecule has 2 heterocycles. The normalized spacial score (nSPS) is 14.0. The Hall–Kier alpha value is -3.05. The quantitative estimate of drug-likeness (QED) is 0.180. The molecule has 9 nitrogen and oxygen atoms in total. The summed E-state index contributed by atoms with van der Waals surface area (Å²) < 4.78 is 10.2. The van der Waals surface area contributed by atoms with Gasteiger partial charge in [-0.3, -0.25) is 10.1 Å². The van der Waals surface area contributed by atoms with Gasteiger partial charge in [-0.25, -0.2) is 9.71 Å². The molecule has 4 rings (SSSR count). The number of nitrogens with zero attached hydrogens (tertiary/aromatic N) is 4. The standard InChI is InChI=1S/C27H37N7O2S/c1-20-19-28-26(30-21-10-12-24(13-11-21)36-17-16-33-14-5-6-15-33)31-25(20)29-22-8-7-9-23(18-22)34(35)37-32-27(2,3)4/h7-13,18-19,32,35H,5-6,14-17H2,1-4H3,(H2,28,29,30,31). The van der Waals surface area contributed by atoms with Crippen molar-refractivity contribution in [1.29, 1.82) is 0 Å². The number of anilines is 5. The van der Waals surface area contributed by atoms with Gasteiger partial charge in [0.25, 0.3) is 0 Å². The van der Waals surface area contributed by atoms with E-state index in [1.807, 2.05) is 76.2 Å². The van der Waals surface area contributed by atoms with Gasteiger partial charge in [-0.05, 0) is 96.1 Å². The first kappa shape index (κ1) is 27.0. The van der Waals surface area contributed by atoms with E-state index in [2.05, 4.69) is 30.2 Å². The van der Waals surface area contributed by atoms with E-state index in [1.165, 1.54) is 25.9 Å². The van der Waals surface area contributed by atoms with Crippen molar-refractivity contribution >= 4 is 41.0 Å². The Balaban J connectivity index is 1.34. The zero-order chi connectivity index (χ0) is 26.3. The highest BCUT2D eigenvalue weighted by molar-refractivity contribution is 7.98. The van der Waals surface area contributed by atoms with Crippen LogP contribution < -0.4 is 24.6 Å². The molecule has 2 aromatic carbocycles. The van der Waals surface area contributed by atoms with E-state index in [1.54, 1.807) is 6.20 Å². The first-order chi connectivity index (χ1) is 17.7. The lowest BCUT2D eigenvalue weighted by atomic mass is 10.1. The van der Waals surface area contributed by atoms with Crippen molar-refractivity contribution < 1.29 is 9.94 Å². The molecule has 1 aromatic heterocycles. The average molecular weight is 524 g/mol. The van der Waals surface area contributed by atoms with Crippen LogP contribution in [0.25, 0.3) is 0 Å². The summed E-state index contributed by atoms with van der Waals surface area (Å²) in [5.74, 6) is 2.02. The molecule has 0 spiro atoms. The van der Waals surface area contributed by atoms with E-state index in [0.29, 0.717) is 24.1 Å². The maximum atomic E-state index is 10.4. The Labute approximate surface area is 223 Å². The van der Waals surface area contributed by atoms with Gasteiger partial charge in [-0.2, -0.15) is 9.45 Å². The Kier molecular flexibility index (Phi) is 9.09. The monoisotopic (exact) mass is 523 g/mol. The molecule has 1 aliphatic heterocycles. The van der Waals surface area contributed by atoms with E-state index < -0.39 is 0 Å². The summed E-state index contributed by atoms with van der Waals surface area (Å²) >= 11 is 1.13. The SMILES string of the molecule is Cc1cnc(Nc2ccc(OCCN3CCCC3)cc2)nc1Nc1cccc(N(O)SNC(C)(C)C)c1. The fourth-order valence-corrected chi connectivity index (χ4v) is 4.34. The van der Waals surface area contributed by atoms with Gasteiger partial charge in [0.2, 0.25) is 5.95 Å². The Bertz CT molecular complexity index is 1150. The molecule has 0 aliphatic carbocycles. The Morgan fingerprint density at radius 2 is 1.81 bits per heavy atom. The Morgan fingerprint density at radius 1 is 1.05 bits per heavy atom. The molecule has 198 valence electrons. The maximum absolute atomic E-state index is 10.4. The molecule has 0 saturated carbocycles. The van der Waals surface area contributed by atoms with Crippen molar-refractivity contribution in [1.82, 2.24) is 19.6 Å². The number of hydrogen-bond acceptors (Lipinski definition) is 10. The molecule has 0 unspecified atom stereocenters. The van der Waals surface area contributed by atoms with E-state index in [-0.39, 0.29) is 5.54 Å². The van der Waals surface area contributed by atoms with Crippen molar-refractivity contribution in [3.05, 3.63) is 60.3 Å². The van der Waals surface area contributed by atoms with Crippen LogP contribution in [0.2, 0.25) is 0 Å². The first-order valence-corrected chi connectivity index (χ1v) is 13.4. The van der Waals surface area contributed by atoms with E-state index in [0.717, 1.165) is 45.8 Å². The predicted octanol–water partition coefficient (Wildman–Crippen LogP) is 5.89. The summed E-state index contributed by atoms with van der Waals surface area (Å²) in [6.45, 7) is 12.1. The molecule has 1 aliphatic rings. The van der Waals surface area contributed by atoms with Crippen molar-refractivity contribution in [3.8, 4) is 5.75 Å². The van der Waals surface area contributed by atoms with Gasteiger partial charge in [0.1, 0.15) is 18.2 Å². The third-order valence-corrected chi connectivity index (χ3v) is 6.81. The highest BCUT2D eigenvalue weighted by Gasteiger charge is 2.14. The van der Waals surface area contributed by atoms with Crippen LogP contribution in [0.5, 0.6) is 5.75 Å². The summed E-state index contributed by atoms with van der Waals surface area (Å²) in [6.07, 6.45) is 4.36. The minimum Gasteiger partial charge on any atom is -0.492 e. The molecule has 4 N–H and O–H groups in total. The summed E-state index contributed by atoms with van der Waals surface area (Å²) in [5, 5.41) is 17.0. The molecule has 0 atom stereocenters. The second kappa shape index (κ2) is 12.5. The summed E-state index contributed by atoms with van der Waals surface area (Å²) in [4.78, 5) is 11.5. The van der Waals surface area contributed by atoms with Crippen LogP contribution in [0, 0.1) is 6.92 Å². The molecule has 10 heteroatoms. The lowest BCUT2D eigenvalue weighted by Gasteiger charge is -2.23. The van der Waals surface area contributed by atoms with Crippen molar-refractivity contribution in [2.24, 2.45) is 0 Å². The second-order valence-corrected chi connectivity index (χ2v) is 10.9. The van der Waals surface area contributed by atoms with Crippen LogP contribution in [0.3, 0.4) is 0 Å². The zero-order valence-electron chi connectivity index (χ0n) is 22.0. The number of nitrogens with one attached hydrogen (secondary N) is 3. The van der Waals surface area contributed by atoms with Gasteiger partial charge >= 0.3 is 0 Å². The van der Waals surface area contributed by atoms with Gasteiger partial charge in [0.05, 0.1) is 17.8 Å². The highest BCUT2D eigenvalue weighted by Crippen LogP contribution is 2.27. The second-order valence-electron chi connectivity index (χ2n) is 10.2. The minimum absolute atomic E-state index is 0.135. The minimum atomic E-state index is -0.135. The number of likely N-dealkylation sites (tertiary alicyclic amines) is 1. The highest BCUT2D eigenvalue weighted by atomic mass is 32.2. The van der Waals surface area contributed by atoms with Crippen LogP contribution in [-0.4, -0.2) is 51.9 Å². The molecule has 1 fully saturated rings. The summed E-state index contributed by atoms with van der Waals surface area (Å²) in [7, 11) is 0. The van der Waals surface area contributed by atoms with E-state index in [9.17, 15) is 5.21 Å². The number of aryl methyl sites for hydroxylation is 1. The molecule has 3 aromatic rings. The number of benzene rings is 2. The van der Waals surface area contributed by atoms with E-state index >= 15 is 0 Å². The van der Waals surface area contributed by atoms with Crippen molar-refractivity contribution in [2.75, 3.05) is 41.3 Å². The van der Waals surface area contributed by atoms with Crippen LogP contribution in [-0.2, 0) is 0 Å². The average Bonchev–Trinajstić information content (AvgIpc) is 3.39. The third kappa shape index (κ3) is 8.50. The molecule has 0 amide bonds. The van der Waals surface area contributed by atoms with Gasteiger partial charge in [0.15, 0.2) is 0 Å². The van der Waals surface area contributed by atoms with Crippen LogP contribution >= 0.6 is 12.1 Å². The van der Waals surface area contributed by atoms with Gasteiger partial charge in [-0.1, -0.05) is 6.07 Å². The topological polar surface area (TPSA) is 97.8 Å². The fraction of sp³-hybridized carbons (Fsp3) is 0.407. The summed E-state index contributed by atoms with van der Waals surface area (Å²) in [5.41, 5.74) is 3.09. The molecular weight excluding hydrogens is 486 g/mol. The van der Waals surface area contributed by atoms with Crippen LogP contribution in [0.1, 0.15) is 39.2 Å². The zero-order valence-corrected chi connectivity index (χ0v) is 22.8. The lowest BCUT2D eigenvalue weighted by Crippen LogP contribution is -2.33. The molecule has 0 radical (unpaired) electrons. The maximum Gasteiger partial charge on any atom is 0.229 e.